The normalized spacial score (nSPS) is 15.4. The van der Waals surface area contributed by atoms with Crippen molar-refractivity contribution in [3.8, 4) is 0 Å². The van der Waals surface area contributed by atoms with E-state index in [2.05, 4.69) is 25.0 Å². The van der Waals surface area contributed by atoms with Crippen molar-refractivity contribution in [2.24, 2.45) is 0 Å². The van der Waals surface area contributed by atoms with Crippen LogP contribution in [0.25, 0.3) is 5.78 Å². The van der Waals surface area contributed by atoms with E-state index < -0.39 is 0 Å². The van der Waals surface area contributed by atoms with Gasteiger partial charge in [-0.25, -0.2) is 0 Å². The topological polar surface area (TPSA) is 62.5 Å². The molecule has 2 aromatic rings. The molecule has 2 aromatic heterocycles. The van der Waals surface area contributed by atoms with Gasteiger partial charge < -0.3 is 9.80 Å². The molecule has 8 heteroatoms. The largest absolute Gasteiger partial charge is 0.347 e. The third-order valence-electron chi connectivity index (χ3n) is 3.13. The molecule has 1 aliphatic rings. The third-order valence-corrected chi connectivity index (χ3v) is 3.67. The first kappa shape index (κ1) is 12.5. The number of thioether (sulfide) groups is 1. The maximum atomic E-state index is 4.62. The van der Waals surface area contributed by atoms with Crippen molar-refractivity contribution in [1.29, 1.82) is 0 Å². The van der Waals surface area contributed by atoms with Crippen molar-refractivity contribution in [2.75, 3.05) is 43.2 Å². The second kappa shape index (κ2) is 4.84. The number of aromatic nitrogens is 5. The van der Waals surface area contributed by atoms with Crippen molar-refractivity contribution in [1.82, 2.24) is 24.6 Å². The van der Waals surface area contributed by atoms with Gasteiger partial charge in [0.25, 0.3) is 5.78 Å². The summed E-state index contributed by atoms with van der Waals surface area (Å²) in [7, 11) is 3.87. The molecular weight excluding hydrogens is 262 g/mol. The number of anilines is 2. The van der Waals surface area contributed by atoms with Crippen molar-refractivity contribution in [3.63, 3.8) is 0 Å². The Kier molecular flexibility index (Phi) is 3.17. The molecule has 0 aliphatic carbocycles. The Labute approximate surface area is 116 Å². The van der Waals surface area contributed by atoms with Gasteiger partial charge in [-0.1, -0.05) is 11.8 Å². The van der Waals surface area contributed by atoms with Gasteiger partial charge in [0.05, 0.1) is 0 Å². The number of fused-ring (bicyclic) bond motifs is 1. The summed E-state index contributed by atoms with van der Waals surface area (Å²) in [5.41, 5.74) is 0. The van der Waals surface area contributed by atoms with Crippen LogP contribution in [-0.2, 0) is 0 Å². The Bertz CT molecular complexity index is 588. The van der Waals surface area contributed by atoms with Gasteiger partial charge in [-0.05, 0) is 19.1 Å². The van der Waals surface area contributed by atoms with Crippen molar-refractivity contribution in [2.45, 2.75) is 18.0 Å². The molecule has 1 saturated heterocycles. The SMILES string of the molecule is CSc1nc2nc(N(C)C)nc(N3CCCC3)n2n1. The highest BCUT2D eigenvalue weighted by atomic mass is 32.2. The van der Waals surface area contributed by atoms with E-state index in [-0.39, 0.29) is 0 Å². The predicted octanol–water partition coefficient (Wildman–Crippen LogP) is 0.907. The molecule has 0 atom stereocenters. The van der Waals surface area contributed by atoms with Gasteiger partial charge in [0.1, 0.15) is 0 Å². The van der Waals surface area contributed by atoms with Gasteiger partial charge >= 0.3 is 0 Å². The van der Waals surface area contributed by atoms with Gasteiger partial charge in [-0.2, -0.15) is 19.5 Å². The summed E-state index contributed by atoms with van der Waals surface area (Å²) in [5.74, 6) is 2.14. The highest BCUT2D eigenvalue weighted by Crippen LogP contribution is 2.22. The lowest BCUT2D eigenvalue weighted by atomic mass is 10.4. The quantitative estimate of drug-likeness (QED) is 0.774. The monoisotopic (exact) mass is 279 g/mol. The van der Waals surface area contributed by atoms with Crippen molar-refractivity contribution >= 4 is 29.4 Å². The average molecular weight is 279 g/mol. The molecular formula is C11H17N7S. The lowest BCUT2D eigenvalue weighted by Gasteiger charge is -2.18. The van der Waals surface area contributed by atoms with E-state index in [1.165, 1.54) is 24.6 Å². The van der Waals surface area contributed by atoms with Crippen LogP contribution in [0.4, 0.5) is 11.9 Å². The van der Waals surface area contributed by atoms with Gasteiger partial charge in [0.2, 0.25) is 17.1 Å². The molecule has 0 amide bonds. The fraction of sp³-hybridized carbons (Fsp3) is 0.636. The summed E-state index contributed by atoms with van der Waals surface area (Å²) in [5, 5.41) is 5.19. The fourth-order valence-electron chi connectivity index (χ4n) is 2.15. The van der Waals surface area contributed by atoms with Crippen LogP contribution in [0.1, 0.15) is 12.8 Å². The van der Waals surface area contributed by atoms with Gasteiger partial charge in [-0.3, -0.25) is 0 Å². The highest BCUT2D eigenvalue weighted by Gasteiger charge is 2.21. The van der Waals surface area contributed by atoms with Crippen LogP contribution < -0.4 is 9.80 Å². The lowest BCUT2D eigenvalue weighted by Crippen LogP contribution is -2.25. The van der Waals surface area contributed by atoms with Crippen LogP contribution in [-0.4, -0.2) is 58.0 Å². The summed E-state index contributed by atoms with van der Waals surface area (Å²) in [6, 6.07) is 0. The minimum atomic E-state index is 0.616. The zero-order valence-corrected chi connectivity index (χ0v) is 12.2. The van der Waals surface area contributed by atoms with Crippen LogP contribution in [0.15, 0.2) is 5.16 Å². The minimum Gasteiger partial charge on any atom is -0.347 e. The molecule has 0 saturated carbocycles. The summed E-state index contributed by atoms with van der Waals surface area (Å²) < 4.78 is 1.75. The summed E-state index contributed by atoms with van der Waals surface area (Å²) >= 11 is 1.52. The molecule has 7 nitrogen and oxygen atoms in total. The molecule has 0 N–H and O–H groups in total. The fourth-order valence-corrected chi connectivity index (χ4v) is 2.49. The van der Waals surface area contributed by atoms with E-state index in [0.717, 1.165) is 24.2 Å². The molecule has 0 spiro atoms. The zero-order valence-electron chi connectivity index (χ0n) is 11.4. The smallest absolute Gasteiger partial charge is 0.259 e. The molecule has 3 rings (SSSR count). The molecule has 0 aromatic carbocycles. The Morgan fingerprint density at radius 1 is 1.11 bits per heavy atom. The Hall–Kier alpha value is -1.57. The van der Waals surface area contributed by atoms with Crippen LogP contribution in [0.3, 0.4) is 0 Å². The average Bonchev–Trinajstić information content (AvgIpc) is 3.05. The molecule has 0 unspecified atom stereocenters. The number of hydrogen-bond donors (Lipinski definition) is 0. The van der Waals surface area contributed by atoms with E-state index in [1.54, 1.807) is 4.52 Å². The molecule has 102 valence electrons. The van der Waals surface area contributed by atoms with Gasteiger partial charge in [0.15, 0.2) is 0 Å². The zero-order chi connectivity index (χ0) is 13.4. The second-order valence-corrected chi connectivity index (χ2v) is 5.50. The maximum absolute atomic E-state index is 4.62. The molecule has 1 aliphatic heterocycles. The van der Waals surface area contributed by atoms with E-state index in [1.807, 2.05) is 25.3 Å². The Balaban J connectivity index is 2.17. The van der Waals surface area contributed by atoms with E-state index in [4.69, 9.17) is 0 Å². The van der Waals surface area contributed by atoms with Crippen molar-refractivity contribution < 1.29 is 0 Å². The minimum absolute atomic E-state index is 0.616. The Morgan fingerprint density at radius 2 is 1.84 bits per heavy atom. The number of nitrogens with zero attached hydrogens (tertiary/aromatic N) is 7. The number of hydrogen-bond acceptors (Lipinski definition) is 7. The summed E-state index contributed by atoms with van der Waals surface area (Å²) in [4.78, 5) is 17.6. The maximum Gasteiger partial charge on any atom is 0.259 e. The third kappa shape index (κ3) is 2.20. The van der Waals surface area contributed by atoms with Crippen LogP contribution in [0, 0.1) is 0 Å². The second-order valence-electron chi connectivity index (χ2n) is 4.72. The first-order valence-electron chi connectivity index (χ1n) is 6.30. The van der Waals surface area contributed by atoms with Gasteiger partial charge in [-0.15, -0.1) is 5.10 Å². The first-order chi connectivity index (χ1) is 9.19. The van der Waals surface area contributed by atoms with E-state index >= 15 is 0 Å². The summed E-state index contributed by atoms with van der Waals surface area (Å²) in [6.45, 7) is 2.04. The predicted molar refractivity (Wildman–Crippen MR) is 76.1 cm³/mol. The van der Waals surface area contributed by atoms with Crippen LogP contribution >= 0.6 is 11.8 Å². The van der Waals surface area contributed by atoms with Crippen LogP contribution in [0.5, 0.6) is 0 Å². The standard InChI is InChI=1S/C11H17N7S/c1-16(2)8-12-9-13-10(19-3)15-18(9)11(14-8)17-6-4-5-7-17/h4-7H2,1-3H3. The molecule has 0 bridgehead atoms. The molecule has 19 heavy (non-hydrogen) atoms. The molecule has 0 radical (unpaired) electrons. The number of rotatable bonds is 3. The van der Waals surface area contributed by atoms with Gasteiger partial charge in [0, 0.05) is 27.2 Å². The van der Waals surface area contributed by atoms with E-state index in [0.29, 0.717) is 11.7 Å². The lowest BCUT2D eigenvalue weighted by molar-refractivity contribution is 0.785. The molecule has 1 fully saturated rings. The summed E-state index contributed by atoms with van der Waals surface area (Å²) in [6.07, 6.45) is 4.37. The van der Waals surface area contributed by atoms with Crippen LogP contribution in [0.2, 0.25) is 0 Å². The highest BCUT2D eigenvalue weighted by molar-refractivity contribution is 7.98. The van der Waals surface area contributed by atoms with Crippen molar-refractivity contribution in [3.05, 3.63) is 0 Å². The van der Waals surface area contributed by atoms with E-state index in [9.17, 15) is 0 Å². The first-order valence-corrected chi connectivity index (χ1v) is 7.52. The molecule has 3 heterocycles. The Morgan fingerprint density at radius 3 is 2.47 bits per heavy atom.